The maximum atomic E-state index is 14.0. The number of thioether (sulfide) groups is 1. The second kappa shape index (κ2) is 43.2. The first-order valence-corrected chi connectivity index (χ1v) is 33.1. The number of nitrogens with one attached hydrogen (secondary N) is 11. The van der Waals surface area contributed by atoms with Crippen molar-refractivity contribution in [2.24, 2.45) is 35.0 Å². The van der Waals surface area contributed by atoms with Crippen LogP contribution in [0.25, 0.3) is 0 Å². The number of nitrogens with two attached hydrogens (primary N) is 3. The lowest BCUT2D eigenvalue weighted by molar-refractivity contribution is -0.143. The van der Waals surface area contributed by atoms with E-state index in [-0.39, 0.29) is 38.3 Å². The van der Waals surface area contributed by atoms with Gasteiger partial charge < -0.3 is 95.9 Å². The lowest BCUT2D eigenvalue weighted by Gasteiger charge is -2.31. The fourth-order valence-electron chi connectivity index (χ4n) is 9.85. The summed E-state index contributed by atoms with van der Waals surface area (Å²) < 4.78 is 0. The Morgan fingerprint density at radius 3 is 1.71 bits per heavy atom. The summed E-state index contributed by atoms with van der Waals surface area (Å²) in [6.07, 6.45) is 1.13. The molecule has 34 nitrogen and oxygen atoms in total. The highest BCUT2D eigenvalue weighted by Gasteiger charge is 2.40. The molecule has 1 aliphatic heterocycles. The van der Waals surface area contributed by atoms with Gasteiger partial charge in [-0.3, -0.25) is 71.9 Å². The molecule has 1 aliphatic rings. The van der Waals surface area contributed by atoms with Crippen molar-refractivity contribution in [3.63, 3.8) is 0 Å². The van der Waals surface area contributed by atoms with E-state index in [1.807, 2.05) is 6.26 Å². The van der Waals surface area contributed by atoms with Gasteiger partial charge in [-0.2, -0.15) is 11.8 Å². The summed E-state index contributed by atoms with van der Waals surface area (Å²) in [7, 11) is 0. The van der Waals surface area contributed by atoms with Crippen LogP contribution in [0.4, 0.5) is 0 Å². The number of aliphatic carboxylic acids is 3. The van der Waals surface area contributed by atoms with Crippen molar-refractivity contribution in [2.45, 2.75) is 185 Å². The van der Waals surface area contributed by atoms with Crippen LogP contribution in [0.2, 0.25) is 0 Å². The van der Waals surface area contributed by atoms with E-state index in [2.05, 4.69) is 58.5 Å². The molecule has 0 radical (unpaired) electrons. The van der Waals surface area contributed by atoms with E-state index in [4.69, 9.17) is 17.2 Å². The molecule has 0 spiro atoms. The first-order valence-electron chi connectivity index (χ1n) is 31.7. The molecule has 1 saturated heterocycles. The quantitative estimate of drug-likeness (QED) is 0.0275. The summed E-state index contributed by atoms with van der Waals surface area (Å²) in [6, 6.07) is -5.56. The van der Waals surface area contributed by atoms with E-state index < -0.39 is 212 Å². The Hall–Kier alpha value is -8.99. The highest BCUT2D eigenvalue weighted by atomic mass is 32.2. The largest absolute Gasteiger partial charge is 0.481 e. The van der Waals surface area contributed by atoms with E-state index in [1.165, 1.54) is 30.5 Å². The molecule has 536 valence electrons. The van der Waals surface area contributed by atoms with Gasteiger partial charge in [0.1, 0.15) is 54.4 Å². The average Bonchev–Trinajstić information content (AvgIpc) is 1.59. The van der Waals surface area contributed by atoms with E-state index >= 15 is 0 Å². The molecular formula is C61H97N15O19S. The molecule has 1 aromatic rings. The maximum Gasteiger partial charge on any atom is 0.326 e. The molecule has 1 heterocycles. The number of carboxylic acid groups (broad SMARTS) is 3. The van der Waals surface area contributed by atoms with Gasteiger partial charge in [0.05, 0.1) is 38.5 Å². The molecule has 0 saturated carbocycles. The number of likely N-dealkylation sites (tertiary alicyclic amines) is 1. The van der Waals surface area contributed by atoms with E-state index in [9.17, 15) is 92.0 Å². The summed E-state index contributed by atoms with van der Waals surface area (Å²) in [6.45, 7) is 7.82. The zero-order valence-electron chi connectivity index (χ0n) is 55.3. The molecule has 96 heavy (non-hydrogen) atoms. The molecule has 1 fully saturated rings. The Kier molecular flexibility index (Phi) is 37.4. The number of unbranched alkanes of at least 4 members (excludes halogenated alkanes) is 1. The highest BCUT2D eigenvalue weighted by molar-refractivity contribution is 7.98. The molecule has 2 rings (SSSR count). The minimum Gasteiger partial charge on any atom is -0.481 e. The number of carboxylic acids is 3. The summed E-state index contributed by atoms with van der Waals surface area (Å²) in [5.41, 5.74) is 17.6. The second-order valence-electron chi connectivity index (χ2n) is 24.0. The van der Waals surface area contributed by atoms with Crippen LogP contribution in [0.15, 0.2) is 30.3 Å². The van der Waals surface area contributed by atoms with Crippen LogP contribution in [0.3, 0.4) is 0 Å². The molecule has 20 N–H and O–H groups in total. The molecule has 13 amide bonds. The predicted octanol–water partition coefficient (Wildman–Crippen LogP) is -4.30. The zero-order chi connectivity index (χ0) is 72.4. The Labute approximate surface area is 560 Å². The predicted molar refractivity (Wildman–Crippen MR) is 348 cm³/mol. The van der Waals surface area contributed by atoms with Crippen molar-refractivity contribution >= 4 is 106 Å². The maximum absolute atomic E-state index is 14.0. The minimum atomic E-state index is -1.85. The minimum absolute atomic E-state index is 0.0144. The number of amides is 13. The Morgan fingerprint density at radius 1 is 0.583 bits per heavy atom. The SMILES string of the molecule is CC[C@H](C)[C@H](NC(=O)[C@@H]1CCCN1C(=O)[C@@H](N)CCSC)C(=O)N[C@@H](CC(N)=O)C(=O)N[C@H](C(=O)NCC(=O)N[C@@H](CC(=O)O)C(=O)NCC(=O)NCC(=O)N[C@@H](CC(C)C)C(=O)N[C@@H](Cc1ccccc1)C(=O)N[C@@H](CCC(=O)O)C(=O)N[C@@H](CCCCN)C(=O)O)C(C)C. The third-order valence-electron chi connectivity index (χ3n) is 15.3. The number of hydrogen-bond acceptors (Lipinski definition) is 19. The molecule has 0 aliphatic carbocycles. The lowest BCUT2D eigenvalue weighted by Crippen LogP contribution is -2.61. The van der Waals surface area contributed by atoms with Crippen molar-refractivity contribution in [1.82, 2.24) is 63.4 Å². The Morgan fingerprint density at radius 2 is 1.14 bits per heavy atom. The highest BCUT2D eigenvalue weighted by Crippen LogP contribution is 2.21. The summed E-state index contributed by atoms with van der Waals surface area (Å²) in [4.78, 5) is 211. The van der Waals surface area contributed by atoms with Gasteiger partial charge in [0.2, 0.25) is 76.8 Å². The number of benzene rings is 1. The molecule has 0 unspecified atom stereocenters. The number of primary amides is 1. The third kappa shape index (κ3) is 30.6. The van der Waals surface area contributed by atoms with Crippen molar-refractivity contribution in [1.29, 1.82) is 0 Å². The topological polar surface area (TPSA) is 547 Å². The number of rotatable bonds is 45. The van der Waals surface area contributed by atoms with Crippen LogP contribution in [0, 0.1) is 17.8 Å². The molecule has 0 aromatic heterocycles. The number of hydrogen-bond donors (Lipinski definition) is 17. The van der Waals surface area contributed by atoms with E-state index in [0.29, 0.717) is 49.8 Å². The standard InChI is InChI=1S/C61H97N15O19S/c1-8-34(6)51(75-57(90)43-18-14-23-76(43)60(93)36(63)21-24-96-7)59(92)73-41(27-44(64)77)56(89)74-50(33(4)5)58(91)67-31-47(80)69-42(28-49(83)84)52(85)66-29-45(78)65-30-46(79)68-39(25-32(2)3)54(87)72-40(26-35-15-10-9-11-16-35)55(88)70-37(19-20-48(81)82)53(86)71-38(61(94)95)17-12-13-22-62/h9-11,15-16,32-34,36-43,50-51H,8,12-14,17-31,62-63H2,1-7H3,(H2,64,77)(H,65,78)(H,66,85)(H,67,91)(H,68,79)(H,69,80)(H,70,88)(H,71,86)(H,72,87)(H,73,92)(H,74,89)(H,75,90)(H,81,82)(H,83,84)(H,94,95)/t34-,36-,37-,38-,39-,40-,41-,42-,43-,50-,51-/m0/s1. The lowest BCUT2D eigenvalue weighted by atomic mass is 9.96. The van der Waals surface area contributed by atoms with Crippen LogP contribution in [0.5, 0.6) is 0 Å². The fraction of sp³-hybridized carbons (Fsp3) is 0.639. The van der Waals surface area contributed by atoms with Gasteiger partial charge in [0.25, 0.3) is 0 Å². The molecular weight excluding hydrogens is 1280 g/mol. The van der Waals surface area contributed by atoms with Crippen molar-refractivity contribution in [3.8, 4) is 0 Å². The van der Waals surface area contributed by atoms with E-state index in [0.717, 1.165) is 0 Å². The van der Waals surface area contributed by atoms with Crippen molar-refractivity contribution < 1.29 is 92.0 Å². The molecule has 35 heteroatoms. The van der Waals surface area contributed by atoms with Crippen LogP contribution in [-0.4, -0.2) is 220 Å². The second-order valence-corrected chi connectivity index (χ2v) is 25.0. The van der Waals surface area contributed by atoms with Gasteiger partial charge in [-0.15, -0.1) is 0 Å². The fourth-order valence-corrected chi connectivity index (χ4v) is 10.3. The van der Waals surface area contributed by atoms with Crippen LogP contribution < -0.4 is 75.7 Å². The third-order valence-corrected chi connectivity index (χ3v) is 15.9. The van der Waals surface area contributed by atoms with Crippen molar-refractivity contribution in [2.75, 3.05) is 44.7 Å². The van der Waals surface area contributed by atoms with Crippen LogP contribution in [0.1, 0.15) is 124 Å². The molecule has 1 aromatic carbocycles. The zero-order valence-corrected chi connectivity index (χ0v) is 56.1. The summed E-state index contributed by atoms with van der Waals surface area (Å²) in [5, 5.41) is 54.9. The first-order chi connectivity index (χ1) is 45.2. The van der Waals surface area contributed by atoms with Gasteiger partial charge in [-0.05, 0) is 93.2 Å². The molecule has 11 atom stereocenters. The van der Waals surface area contributed by atoms with Crippen LogP contribution in [-0.2, 0) is 83.1 Å². The van der Waals surface area contributed by atoms with Gasteiger partial charge >= 0.3 is 17.9 Å². The van der Waals surface area contributed by atoms with Gasteiger partial charge in [0, 0.05) is 19.4 Å². The van der Waals surface area contributed by atoms with Gasteiger partial charge in [-0.1, -0.05) is 78.3 Å². The van der Waals surface area contributed by atoms with Crippen molar-refractivity contribution in [3.05, 3.63) is 35.9 Å². The Balaban J connectivity index is 2.14. The number of carbonyl (C=O) groups excluding carboxylic acids is 13. The smallest absolute Gasteiger partial charge is 0.326 e. The molecule has 0 bridgehead atoms. The summed E-state index contributed by atoms with van der Waals surface area (Å²) in [5.74, 6) is -17.3. The summed E-state index contributed by atoms with van der Waals surface area (Å²) >= 11 is 1.51. The normalized spacial score (nSPS) is 15.8. The van der Waals surface area contributed by atoms with E-state index in [1.54, 1.807) is 58.0 Å². The number of carbonyl (C=O) groups is 16. The average molecular weight is 1380 g/mol. The monoisotopic (exact) mass is 1380 g/mol. The van der Waals surface area contributed by atoms with Gasteiger partial charge in [-0.25, -0.2) is 4.79 Å². The van der Waals surface area contributed by atoms with Crippen LogP contribution >= 0.6 is 11.8 Å². The van der Waals surface area contributed by atoms with Gasteiger partial charge in [0.15, 0.2) is 0 Å². The first kappa shape index (κ1) is 83.1. The number of nitrogens with zero attached hydrogens (tertiary/aromatic N) is 1. The Bertz CT molecular complexity index is 2870.